The van der Waals surface area contributed by atoms with Crippen LogP contribution in [-0.2, 0) is 0 Å². The number of rotatable bonds is 1. The fourth-order valence-electron chi connectivity index (χ4n) is 2.27. The molecular formula is C15H10N2OS2. The molecule has 0 spiro atoms. The van der Waals surface area contributed by atoms with Crippen molar-refractivity contribution in [3.8, 4) is 0 Å². The van der Waals surface area contributed by atoms with Crippen molar-refractivity contribution >= 4 is 44.7 Å². The van der Waals surface area contributed by atoms with Gasteiger partial charge in [0.2, 0.25) is 0 Å². The smallest absolute Gasteiger partial charge is 0.267 e. The third-order valence-corrected chi connectivity index (χ3v) is 5.10. The topological polar surface area (TPSA) is 34.4 Å². The van der Waals surface area contributed by atoms with E-state index in [1.807, 2.05) is 36.4 Å². The van der Waals surface area contributed by atoms with Crippen molar-refractivity contribution in [3.05, 3.63) is 61.0 Å². The van der Waals surface area contributed by atoms with E-state index in [-0.39, 0.29) is 5.56 Å². The molecule has 4 aromatic rings. The van der Waals surface area contributed by atoms with E-state index >= 15 is 0 Å². The maximum absolute atomic E-state index is 12.5. The first-order chi connectivity index (χ1) is 9.72. The largest absolute Gasteiger partial charge is 0.274 e. The Hall–Kier alpha value is -1.98. The van der Waals surface area contributed by atoms with Crippen LogP contribution in [0.25, 0.3) is 22.1 Å². The highest BCUT2D eigenvalue weighted by molar-refractivity contribution is 7.15. The van der Waals surface area contributed by atoms with Crippen LogP contribution in [0.1, 0.15) is 9.75 Å². The van der Waals surface area contributed by atoms with E-state index in [0.717, 1.165) is 25.4 Å². The van der Waals surface area contributed by atoms with E-state index in [1.165, 1.54) is 16.2 Å². The van der Waals surface area contributed by atoms with E-state index in [9.17, 15) is 4.79 Å². The highest BCUT2D eigenvalue weighted by Crippen LogP contribution is 2.17. The predicted octanol–water partition coefficient (Wildman–Crippen LogP) is 2.83. The quantitative estimate of drug-likeness (QED) is 0.541. The predicted molar refractivity (Wildman–Crippen MR) is 84.7 cm³/mol. The number of benzene rings is 1. The van der Waals surface area contributed by atoms with Gasteiger partial charge in [-0.3, -0.25) is 4.79 Å². The number of aryl methyl sites for hydroxylation is 1. The third-order valence-electron chi connectivity index (χ3n) is 3.18. The molecule has 3 aromatic heterocycles. The SMILES string of the molecule is Cc1ccc(C=c2sc3nc4ccccc4n3c2=O)s1. The molecule has 3 nitrogen and oxygen atoms in total. The lowest BCUT2D eigenvalue weighted by Gasteiger charge is -1.86. The van der Waals surface area contributed by atoms with E-state index in [0.29, 0.717) is 0 Å². The standard InChI is InChI=1S/C15H10N2OS2/c1-9-6-7-10(19-9)8-13-14(18)17-12-5-3-2-4-11(12)16-15(17)20-13/h2-8H,1H3. The van der Waals surface area contributed by atoms with Crippen LogP contribution in [0.3, 0.4) is 0 Å². The Kier molecular flexibility index (Phi) is 2.52. The molecule has 0 radical (unpaired) electrons. The molecule has 0 aliphatic carbocycles. The van der Waals surface area contributed by atoms with Crippen molar-refractivity contribution < 1.29 is 0 Å². The van der Waals surface area contributed by atoms with E-state index < -0.39 is 0 Å². The Labute approximate surface area is 122 Å². The maximum atomic E-state index is 12.5. The average molecular weight is 298 g/mol. The molecule has 0 atom stereocenters. The highest BCUT2D eigenvalue weighted by atomic mass is 32.1. The fraction of sp³-hybridized carbons (Fsp3) is 0.0667. The van der Waals surface area contributed by atoms with Gasteiger partial charge in [-0.25, -0.2) is 9.38 Å². The monoisotopic (exact) mass is 298 g/mol. The fourth-order valence-corrected chi connectivity index (χ4v) is 4.15. The van der Waals surface area contributed by atoms with Gasteiger partial charge >= 0.3 is 0 Å². The molecule has 0 N–H and O–H groups in total. The maximum Gasteiger partial charge on any atom is 0.274 e. The molecule has 98 valence electrons. The third kappa shape index (κ3) is 1.71. The molecule has 1 aromatic carbocycles. The second-order valence-electron chi connectivity index (χ2n) is 4.58. The first kappa shape index (κ1) is 11.8. The number of thiazole rings is 1. The number of hydrogen-bond acceptors (Lipinski definition) is 4. The second-order valence-corrected chi connectivity index (χ2v) is 6.91. The van der Waals surface area contributed by atoms with E-state index in [2.05, 4.69) is 18.0 Å². The zero-order valence-electron chi connectivity index (χ0n) is 10.7. The van der Waals surface area contributed by atoms with Crippen LogP contribution in [0, 0.1) is 6.92 Å². The summed E-state index contributed by atoms with van der Waals surface area (Å²) in [5.41, 5.74) is 1.77. The molecule has 3 heterocycles. The number of fused-ring (bicyclic) bond motifs is 3. The highest BCUT2D eigenvalue weighted by Gasteiger charge is 2.10. The first-order valence-electron chi connectivity index (χ1n) is 6.20. The lowest BCUT2D eigenvalue weighted by molar-refractivity contribution is 1.19. The van der Waals surface area contributed by atoms with Crippen molar-refractivity contribution in [2.24, 2.45) is 0 Å². The van der Waals surface area contributed by atoms with Crippen LogP contribution in [-0.4, -0.2) is 9.38 Å². The Balaban J connectivity index is 2.05. The van der Waals surface area contributed by atoms with Crippen molar-refractivity contribution in [3.63, 3.8) is 0 Å². The zero-order chi connectivity index (χ0) is 13.7. The Morgan fingerprint density at radius 2 is 2.00 bits per heavy atom. The summed E-state index contributed by atoms with van der Waals surface area (Å²) in [6.45, 7) is 2.06. The molecule has 0 saturated heterocycles. The second kappa shape index (κ2) is 4.26. The first-order valence-corrected chi connectivity index (χ1v) is 7.84. The minimum Gasteiger partial charge on any atom is -0.267 e. The summed E-state index contributed by atoms with van der Waals surface area (Å²) in [7, 11) is 0. The molecule has 0 aliphatic rings. The Morgan fingerprint density at radius 1 is 1.15 bits per heavy atom. The molecule has 5 heteroatoms. The van der Waals surface area contributed by atoms with E-state index in [1.54, 1.807) is 15.7 Å². The van der Waals surface area contributed by atoms with Gasteiger partial charge in [-0.1, -0.05) is 23.5 Å². The van der Waals surface area contributed by atoms with Crippen LogP contribution in [0.4, 0.5) is 0 Å². The molecule has 0 unspecified atom stereocenters. The van der Waals surface area contributed by atoms with Gasteiger partial charge in [-0.2, -0.15) is 0 Å². The van der Waals surface area contributed by atoms with E-state index in [4.69, 9.17) is 0 Å². The normalized spacial score (nSPS) is 12.8. The van der Waals surface area contributed by atoms with Gasteiger partial charge < -0.3 is 0 Å². The Bertz CT molecular complexity index is 1040. The summed E-state index contributed by atoms with van der Waals surface area (Å²) in [4.78, 5) is 20.1. The van der Waals surface area contributed by atoms with Gasteiger partial charge in [0.05, 0.1) is 15.6 Å². The summed E-state index contributed by atoms with van der Waals surface area (Å²) in [6, 6.07) is 11.8. The van der Waals surface area contributed by atoms with Crippen LogP contribution in [0.2, 0.25) is 0 Å². The van der Waals surface area contributed by atoms with Crippen molar-refractivity contribution in [2.45, 2.75) is 6.92 Å². The average Bonchev–Trinajstić information content (AvgIpc) is 3.07. The van der Waals surface area contributed by atoms with Gasteiger partial charge in [-0.15, -0.1) is 11.3 Å². The summed E-state index contributed by atoms with van der Waals surface area (Å²) in [5.74, 6) is 0. The number of hydrogen-bond donors (Lipinski definition) is 0. The lowest BCUT2D eigenvalue weighted by Crippen LogP contribution is -2.22. The molecule has 0 bridgehead atoms. The summed E-state index contributed by atoms with van der Waals surface area (Å²) in [6.07, 6.45) is 1.95. The van der Waals surface area contributed by atoms with Gasteiger partial charge in [-0.05, 0) is 37.3 Å². The van der Waals surface area contributed by atoms with Crippen LogP contribution in [0.15, 0.2) is 41.2 Å². The van der Waals surface area contributed by atoms with Gasteiger partial charge in [0.1, 0.15) is 0 Å². The molecule has 0 amide bonds. The van der Waals surface area contributed by atoms with Crippen LogP contribution >= 0.6 is 22.7 Å². The summed E-state index contributed by atoms with van der Waals surface area (Å²) >= 11 is 3.13. The summed E-state index contributed by atoms with van der Waals surface area (Å²) < 4.78 is 2.44. The molecule has 0 fully saturated rings. The number of aromatic nitrogens is 2. The van der Waals surface area contributed by atoms with Crippen LogP contribution < -0.4 is 10.1 Å². The molecule has 0 aliphatic heterocycles. The molecular weight excluding hydrogens is 288 g/mol. The van der Waals surface area contributed by atoms with Gasteiger partial charge in [0.15, 0.2) is 4.96 Å². The van der Waals surface area contributed by atoms with Crippen LogP contribution in [0.5, 0.6) is 0 Å². The van der Waals surface area contributed by atoms with Gasteiger partial charge in [0.25, 0.3) is 5.56 Å². The minimum atomic E-state index is 0.0183. The van der Waals surface area contributed by atoms with Crippen molar-refractivity contribution in [2.75, 3.05) is 0 Å². The van der Waals surface area contributed by atoms with Gasteiger partial charge in [0, 0.05) is 9.75 Å². The summed E-state index contributed by atoms with van der Waals surface area (Å²) in [5, 5.41) is 0. The number of nitrogens with zero attached hydrogens (tertiary/aromatic N) is 2. The number of thiophene rings is 1. The Morgan fingerprint density at radius 3 is 2.80 bits per heavy atom. The molecule has 20 heavy (non-hydrogen) atoms. The molecule has 0 saturated carbocycles. The molecule has 4 rings (SSSR count). The van der Waals surface area contributed by atoms with Crippen molar-refractivity contribution in [1.82, 2.24) is 9.38 Å². The zero-order valence-corrected chi connectivity index (χ0v) is 12.3. The number of imidazole rings is 1. The number of para-hydroxylation sites is 2. The lowest BCUT2D eigenvalue weighted by atomic mass is 10.3. The minimum absolute atomic E-state index is 0.0183. The van der Waals surface area contributed by atoms with Crippen molar-refractivity contribution in [1.29, 1.82) is 0 Å².